The number of anilines is 2. The zero-order valence-corrected chi connectivity index (χ0v) is 14.6. The summed E-state index contributed by atoms with van der Waals surface area (Å²) >= 11 is 1.09. The first-order valence-electron chi connectivity index (χ1n) is 7.53. The van der Waals surface area contributed by atoms with Crippen LogP contribution in [0.25, 0.3) is 0 Å². The lowest BCUT2D eigenvalue weighted by Gasteiger charge is -2.07. The van der Waals surface area contributed by atoms with Crippen molar-refractivity contribution in [3.05, 3.63) is 64.0 Å². The van der Waals surface area contributed by atoms with Gasteiger partial charge in [-0.25, -0.2) is 0 Å². The van der Waals surface area contributed by atoms with Crippen molar-refractivity contribution in [1.29, 1.82) is 0 Å². The van der Waals surface area contributed by atoms with Gasteiger partial charge in [0.2, 0.25) is 17.6 Å². The number of carbonyl (C=O) groups is 2. The van der Waals surface area contributed by atoms with E-state index in [2.05, 4.69) is 10.6 Å². The number of hydrogen-bond acceptors (Lipinski definition) is 5. The Balaban J connectivity index is 1.78. The van der Waals surface area contributed by atoms with Gasteiger partial charge in [-0.2, -0.15) is 4.39 Å². The van der Waals surface area contributed by atoms with Gasteiger partial charge in [0.25, 0.3) is 0 Å². The number of nitrogens with zero attached hydrogens (tertiary/aromatic N) is 1. The van der Waals surface area contributed by atoms with Crippen LogP contribution in [0.4, 0.5) is 21.5 Å². The van der Waals surface area contributed by atoms with Gasteiger partial charge >= 0.3 is 5.69 Å². The molecule has 136 valence electrons. The first kappa shape index (κ1) is 19.4. The zero-order valence-electron chi connectivity index (χ0n) is 13.8. The Morgan fingerprint density at radius 2 is 1.58 bits per heavy atom. The van der Waals surface area contributed by atoms with Crippen LogP contribution in [0.3, 0.4) is 0 Å². The summed E-state index contributed by atoms with van der Waals surface area (Å²) < 4.78 is 13.2. The zero-order chi connectivity index (χ0) is 19.1. The fraction of sp³-hybridized carbons (Fsp3) is 0.176. The average molecular weight is 377 g/mol. The number of nitro groups is 1. The van der Waals surface area contributed by atoms with Crippen LogP contribution in [0.5, 0.6) is 0 Å². The molecule has 9 heteroatoms. The molecule has 0 radical (unpaired) electrons. The lowest BCUT2D eigenvalue weighted by atomic mass is 10.2. The fourth-order valence-electron chi connectivity index (χ4n) is 2.00. The Morgan fingerprint density at radius 3 is 2.15 bits per heavy atom. The van der Waals surface area contributed by atoms with Crippen LogP contribution in [0.15, 0.2) is 42.5 Å². The molecule has 2 rings (SSSR count). The van der Waals surface area contributed by atoms with Gasteiger partial charge < -0.3 is 10.6 Å². The molecule has 0 spiro atoms. The van der Waals surface area contributed by atoms with Crippen LogP contribution >= 0.6 is 11.8 Å². The number of nitro benzene ring substituents is 1. The summed E-state index contributed by atoms with van der Waals surface area (Å²) in [5, 5.41) is 15.8. The molecule has 0 aliphatic rings. The van der Waals surface area contributed by atoms with Gasteiger partial charge in [-0.3, -0.25) is 19.7 Å². The van der Waals surface area contributed by atoms with Crippen molar-refractivity contribution >= 4 is 40.6 Å². The quantitative estimate of drug-likeness (QED) is 0.569. The molecule has 0 aromatic heterocycles. The maximum Gasteiger partial charge on any atom is 0.306 e. The molecular weight excluding hydrogens is 361 g/mol. The molecule has 26 heavy (non-hydrogen) atoms. The fourth-order valence-corrected chi connectivity index (χ4v) is 2.61. The van der Waals surface area contributed by atoms with Crippen molar-refractivity contribution in [2.75, 3.05) is 22.1 Å². The number of thioether (sulfide) groups is 1. The first-order valence-corrected chi connectivity index (χ1v) is 8.68. The molecular formula is C17H16FN3O4S. The first-order chi connectivity index (χ1) is 12.3. The third-order valence-electron chi connectivity index (χ3n) is 3.23. The van der Waals surface area contributed by atoms with Gasteiger partial charge in [0.1, 0.15) is 0 Å². The predicted octanol–water partition coefficient (Wildman–Crippen LogP) is 3.35. The van der Waals surface area contributed by atoms with Crippen molar-refractivity contribution in [2.24, 2.45) is 0 Å². The van der Waals surface area contributed by atoms with E-state index < -0.39 is 22.3 Å². The molecule has 0 unspecified atom stereocenters. The molecule has 7 nitrogen and oxygen atoms in total. The van der Waals surface area contributed by atoms with Gasteiger partial charge in [0, 0.05) is 17.4 Å². The van der Waals surface area contributed by atoms with Crippen molar-refractivity contribution < 1.29 is 18.9 Å². The topological polar surface area (TPSA) is 101 Å². The molecule has 0 saturated carbocycles. The highest BCUT2D eigenvalue weighted by atomic mass is 32.2. The number of carbonyl (C=O) groups excluding carboxylic acids is 2. The summed E-state index contributed by atoms with van der Waals surface area (Å²) in [6, 6.07) is 10.4. The van der Waals surface area contributed by atoms with E-state index in [9.17, 15) is 24.1 Å². The number of hydrogen-bond donors (Lipinski definition) is 2. The minimum absolute atomic E-state index is 0.0213. The second kappa shape index (κ2) is 8.95. The van der Waals surface area contributed by atoms with Crippen molar-refractivity contribution in [3.63, 3.8) is 0 Å². The van der Waals surface area contributed by atoms with Gasteiger partial charge in [0.15, 0.2) is 0 Å². The number of benzene rings is 2. The molecule has 0 bridgehead atoms. The van der Waals surface area contributed by atoms with Gasteiger partial charge in [-0.1, -0.05) is 17.7 Å². The summed E-state index contributed by atoms with van der Waals surface area (Å²) in [5.74, 6) is -1.62. The van der Waals surface area contributed by atoms with E-state index in [1.165, 1.54) is 6.07 Å². The summed E-state index contributed by atoms with van der Waals surface area (Å²) in [6.07, 6.45) is 0. The van der Waals surface area contributed by atoms with Crippen molar-refractivity contribution in [2.45, 2.75) is 6.92 Å². The van der Waals surface area contributed by atoms with E-state index in [0.717, 1.165) is 29.5 Å². The lowest BCUT2D eigenvalue weighted by Crippen LogP contribution is -2.18. The number of amides is 2. The van der Waals surface area contributed by atoms with Crippen LogP contribution in [0, 0.1) is 22.9 Å². The van der Waals surface area contributed by atoms with Crippen LogP contribution in [-0.2, 0) is 9.59 Å². The smallest absolute Gasteiger partial charge is 0.306 e. The molecule has 0 saturated heterocycles. The number of nitrogens with one attached hydrogen (secondary N) is 2. The normalized spacial score (nSPS) is 10.2. The second-order valence-corrected chi connectivity index (χ2v) is 6.36. The highest BCUT2D eigenvalue weighted by molar-refractivity contribution is 8.00. The van der Waals surface area contributed by atoms with Crippen LogP contribution in [0.1, 0.15) is 5.56 Å². The van der Waals surface area contributed by atoms with Gasteiger partial charge in [0.05, 0.1) is 16.4 Å². The summed E-state index contributed by atoms with van der Waals surface area (Å²) in [6.45, 7) is 1.94. The molecule has 2 N–H and O–H groups in total. The number of rotatable bonds is 7. The molecule has 0 atom stereocenters. The molecule has 0 aliphatic heterocycles. The maximum absolute atomic E-state index is 13.2. The number of halogens is 1. The molecule has 2 aromatic rings. The van der Waals surface area contributed by atoms with E-state index in [1.54, 1.807) is 12.1 Å². The third-order valence-corrected chi connectivity index (χ3v) is 4.16. The Morgan fingerprint density at radius 1 is 1.04 bits per heavy atom. The Labute approximate surface area is 153 Å². The lowest BCUT2D eigenvalue weighted by molar-refractivity contribution is -0.387. The van der Waals surface area contributed by atoms with Crippen LogP contribution < -0.4 is 10.6 Å². The molecule has 0 fully saturated rings. The largest absolute Gasteiger partial charge is 0.325 e. The van der Waals surface area contributed by atoms with E-state index in [0.29, 0.717) is 5.69 Å². The minimum Gasteiger partial charge on any atom is -0.325 e. The third kappa shape index (κ3) is 5.85. The van der Waals surface area contributed by atoms with Gasteiger partial charge in [-0.15, -0.1) is 11.8 Å². The average Bonchev–Trinajstić information content (AvgIpc) is 2.58. The molecule has 2 aromatic carbocycles. The Hall–Kier alpha value is -2.94. The Bertz CT molecular complexity index is 827. The van der Waals surface area contributed by atoms with Crippen LogP contribution in [-0.4, -0.2) is 28.2 Å². The number of aryl methyl sites for hydroxylation is 1. The predicted molar refractivity (Wildman–Crippen MR) is 98.8 cm³/mol. The molecule has 0 heterocycles. The molecule has 0 aliphatic carbocycles. The monoisotopic (exact) mass is 377 g/mol. The van der Waals surface area contributed by atoms with Crippen LogP contribution in [0.2, 0.25) is 0 Å². The maximum atomic E-state index is 13.2. The van der Waals surface area contributed by atoms with E-state index >= 15 is 0 Å². The minimum atomic E-state index is -0.977. The summed E-state index contributed by atoms with van der Waals surface area (Å²) in [4.78, 5) is 33.5. The Kier molecular flexibility index (Phi) is 6.67. The SMILES string of the molecule is Cc1ccc(NC(=O)CSCC(=O)Nc2ccc(F)c([N+](=O)[O-])c2)cc1. The molecule has 2 amide bonds. The highest BCUT2D eigenvalue weighted by Gasteiger charge is 2.15. The summed E-state index contributed by atoms with van der Waals surface area (Å²) in [7, 11) is 0. The van der Waals surface area contributed by atoms with Crippen molar-refractivity contribution in [3.8, 4) is 0 Å². The van der Waals surface area contributed by atoms with Crippen molar-refractivity contribution in [1.82, 2.24) is 0 Å². The highest BCUT2D eigenvalue weighted by Crippen LogP contribution is 2.21. The van der Waals surface area contributed by atoms with Gasteiger partial charge in [-0.05, 0) is 31.2 Å². The van der Waals surface area contributed by atoms with E-state index in [-0.39, 0.29) is 23.1 Å². The summed E-state index contributed by atoms with van der Waals surface area (Å²) in [5.41, 5.74) is 1.15. The van der Waals surface area contributed by atoms with E-state index in [1.807, 2.05) is 19.1 Å². The second-order valence-electron chi connectivity index (χ2n) is 5.38. The standard InChI is InChI=1S/C17H16FN3O4S/c1-11-2-4-12(5-3-11)19-16(22)9-26-10-17(23)20-13-6-7-14(18)15(8-13)21(24)25/h2-8H,9-10H2,1H3,(H,19,22)(H,20,23). The van der Waals surface area contributed by atoms with E-state index in [4.69, 9.17) is 0 Å².